The van der Waals surface area contributed by atoms with E-state index >= 15 is 0 Å². The van der Waals surface area contributed by atoms with Gasteiger partial charge in [-0.05, 0) is 41.8 Å². The Bertz CT molecular complexity index is 769. The third-order valence-corrected chi connectivity index (χ3v) is 3.78. The van der Waals surface area contributed by atoms with Crippen LogP contribution < -0.4 is 0 Å². The zero-order chi connectivity index (χ0) is 14.7. The van der Waals surface area contributed by atoms with Crippen LogP contribution in [0.25, 0.3) is 10.8 Å². The summed E-state index contributed by atoms with van der Waals surface area (Å²) < 4.78 is 0. The molecule has 0 bridgehead atoms. The van der Waals surface area contributed by atoms with Crippen molar-refractivity contribution in [2.24, 2.45) is 4.99 Å². The molecule has 1 heteroatoms. The SMILES string of the molecule is Cc1ccc(C(C)N=Cc2ccc3ccccc3c2)cc1. The molecule has 1 nitrogen and oxygen atoms in total. The molecule has 3 aromatic rings. The van der Waals surface area contributed by atoms with Gasteiger partial charge in [-0.1, -0.05) is 66.2 Å². The number of fused-ring (bicyclic) bond motifs is 1. The van der Waals surface area contributed by atoms with E-state index in [2.05, 4.69) is 85.6 Å². The number of benzene rings is 3. The predicted molar refractivity (Wildman–Crippen MR) is 91.1 cm³/mol. The van der Waals surface area contributed by atoms with Gasteiger partial charge < -0.3 is 0 Å². The molecule has 0 aliphatic heterocycles. The summed E-state index contributed by atoms with van der Waals surface area (Å²) in [4.78, 5) is 4.68. The topological polar surface area (TPSA) is 12.4 Å². The summed E-state index contributed by atoms with van der Waals surface area (Å²) >= 11 is 0. The summed E-state index contributed by atoms with van der Waals surface area (Å²) in [7, 11) is 0. The van der Waals surface area contributed by atoms with Crippen LogP contribution >= 0.6 is 0 Å². The second kappa shape index (κ2) is 5.92. The van der Waals surface area contributed by atoms with Crippen LogP contribution in [-0.4, -0.2) is 6.21 Å². The molecule has 3 aromatic carbocycles. The van der Waals surface area contributed by atoms with E-state index in [-0.39, 0.29) is 6.04 Å². The van der Waals surface area contributed by atoms with Crippen LogP contribution in [0.15, 0.2) is 71.7 Å². The standard InChI is InChI=1S/C20H19N/c1-15-7-10-18(11-8-15)16(2)21-14-17-9-12-19-5-3-4-6-20(19)13-17/h3-14,16H,1-2H3. The Kier molecular flexibility index (Phi) is 3.83. The fourth-order valence-corrected chi connectivity index (χ4v) is 2.42. The average molecular weight is 273 g/mol. The molecule has 0 fully saturated rings. The third-order valence-electron chi connectivity index (χ3n) is 3.78. The van der Waals surface area contributed by atoms with E-state index in [1.165, 1.54) is 21.9 Å². The Labute approximate surface area is 126 Å². The molecule has 0 amide bonds. The fourth-order valence-electron chi connectivity index (χ4n) is 2.42. The molecule has 0 N–H and O–H groups in total. The highest BCUT2D eigenvalue weighted by molar-refractivity contribution is 5.90. The molecule has 1 unspecified atom stereocenters. The lowest BCUT2D eigenvalue weighted by Gasteiger charge is -2.07. The lowest BCUT2D eigenvalue weighted by atomic mass is 10.1. The van der Waals surface area contributed by atoms with Crippen LogP contribution in [0, 0.1) is 6.92 Å². The Balaban J connectivity index is 1.81. The van der Waals surface area contributed by atoms with Crippen molar-refractivity contribution in [3.63, 3.8) is 0 Å². The van der Waals surface area contributed by atoms with Gasteiger partial charge >= 0.3 is 0 Å². The zero-order valence-corrected chi connectivity index (χ0v) is 12.5. The summed E-state index contributed by atoms with van der Waals surface area (Å²) in [5.74, 6) is 0. The highest BCUT2D eigenvalue weighted by Gasteiger charge is 2.01. The summed E-state index contributed by atoms with van der Waals surface area (Å²) in [6.07, 6.45) is 1.97. The Morgan fingerprint density at radius 1 is 0.857 bits per heavy atom. The number of rotatable bonds is 3. The largest absolute Gasteiger partial charge is 0.285 e. The monoisotopic (exact) mass is 273 g/mol. The summed E-state index contributed by atoms with van der Waals surface area (Å²) in [5, 5.41) is 2.52. The van der Waals surface area contributed by atoms with E-state index in [0.29, 0.717) is 0 Å². The van der Waals surface area contributed by atoms with Crippen molar-refractivity contribution in [1.29, 1.82) is 0 Å². The number of aryl methyl sites for hydroxylation is 1. The van der Waals surface area contributed by atoms with Gasteiger partial charge in [0.2, 0.25) is 0 Å². The number of hydrogen-bond donors (Lipinski definition) is 0. The molecule has 0 aliphatic rings. The summed E-state index contributed by atoms with van der Waals surface area (Å²) in [6, 6.07) is 23.6. The second-order valence-corrected chi connectivity index (χ2v) is 5.47. The van der Waals surface area contributed by atoms with Crippen LogP contribution in [-0.2, 0) is 0 Å². The van der Waals surface area contributed by atoms with E-state index in [1.54, 1.807) is 0 Å². The first-order valence-electron chi connectivity index (χ1n) is 7.31. The summed E-state index contributed by atoms with van der Waals surface area (Å²) in [5.41, 5.74) is 3.68. The van der Waals surface area contributed by atoms with Crippen molar-refractivity contribution >= 4 is 17.0 Å². The maximum Gasteiger partial charge on any atom is 0.0721 e. The summed E-state index contributed by atoms with van der Waals surface area (Å²) in [6.45, 7) is 4.23. The van der Waals surface area contributed by atoms with Gasteiger partial charge in [0, 0.05) is 6.21 Å². The molecule has 1 atom stereocenters. The normalized spacial score (nSPS) is 12.9. The Morgan fingerprint density at radius 3 is 2.33 bits per heavy atom. The van der Waals surface area contributed by atoms with Gasteiger partial charge in [0.05, 0.1) is 6.04 Å². The molecular weight excluding hydrogens is 254 g/mol. The van der Waals surface area contributed by atoms with E-state index < -0.39 is 0 Å². The molecule has 0 spiro atoms. The molecule has 3 rings (SSSR count). The van der Waals surface area contributed by atoms with Crippen molar-refractivity contribution < 1.29 is 0 Å². The Hall–Kier alpha value is -2.41. The van der Waals surface area contributed by atoms with E-state index in [9.17, 15) is 0 Å². The fraction of sp³-hybridized carbons (Fsp3) is 0.150. The van der Waals surface area contributed by atoms with Crippen molar-refractivity contribution in [3.05, 3.63) is 83.4 Å². The molecule has 0 saturated carbocycles. The number of aliphatic imine (C=N–C) groups is 1. The zero-order valence-electron chi connectivity index (χ0n) is 12.5. The number of nitrogens with zero attached hydrogens (tertiary/aromatic N) is 1. The van der Waals surface area contributed by atoms with Crippen LogP contribution in [0.3, 0.4) is 0 Å². The highest BCUT2D eigenvalue weighted by atomic mass is 14.8. The van der Waals surface area contributed by atoms with Crippen molar-refractivity contribution in [2.75, 3.05) is 0 Å². The van der Waals surface area contributed by atoms with E-state index in [4.69, 9.17) is 0 Å². The van der Waals surface area contributed by atoms with E-state index in [0.717, 1.165) is 5.56 Å². The maximum absolute atomic E-state index is 4.68. The molecule has 104 valence electrons. The molecule has 0 radical (unpaired) electrons. The quantitative estimate of drug-likeness (QED) is 0.572. The lowest BCUT2D eigenvalue weighted by molar-refractivity contribution is 0.824. The van der Waals surface area contributed by atoms with Gasteiger partial charge in [0.15, 0.2) is 0 Å². The van der Waals surface area contributed by atoms with Crippen molar-refractivity contribution in [3.8, 4) is 0 Å². The van der Waals surface area contributed by atoms with Gasteiger partial charge in [-0.15, -0.1) is 0 Å². The highest BCUT2D eigenvalue weighted by Crippen LogP contribution is 2.18. The smallest absolute Gasteiger partial charge is 0.0721 e. The van der Waals surface area contributed by atoms with Crippen LogP contribution in [0.1, 0.15) is 29.7 Å². The second-order valence-electron chi connectivity index (χ2n) is 5.47. The molecule has 0 aliphatic carbocycles. The molecule has 21 heavy (non-hydrogen) atoms. The van der Waals surface area contributed by atoms with Crippen molar-refractivity contribution in [2.45, 2.75) is 19.9 Å². The molecule has 0 heterocycles. The molecule has 0 aromatic heterocycles. The van der Waals surface area contributed by atoms with Gasteiger partial charge in [-0.25, -0.2) is 0 Å². The maximum atomic E-state index is 4.68. The first kappa shape index (κ1) is 13.6. The minimum atomic E-state index is 0.178. The minimum Gasteiger partial charge on any atom is -0.285 e. The predicted octanol–water partition coefficient (Wildman–Crippen LogP) is 5.33. The average Bonchev–Trinajstić information content (AvgIpc) is 2.53. The molecule has 0 saturated heterocycles. The van der Waals surface area contributed by atoms with E-state index in [1.807, 2.05) is 6.21 Å². The van der Waals surface area contributed by atoms with Crippen molar-refractivity contribution in [1.82, 2.24) is 0 Å². The minimum absolute atomic E-state index is 0.178. The third kappa shape index (κ3) is 3.19. The number of hydrogen-bond acceptors (Lipinski definition) is 1. The lowest BCUT2D eigenvalue weighted by Crippen LogP contribution is -1.91. The van der Waals surface area contributed by atoms with Gasteiger partial charge in [-0.2, -0.15) is 0 Å². The Morgan fingerprint density at radius 2 is 1.57 bits per heavy atom. The van der Waals surface area contributed by atoms with Crippen LogP contribution in [0.4, 0.5) is 0 Å². The van der Waals surface area contributed by atoms with Gasteiger partial charge in [0.25, 0.3) is 0 Å². The van der Waals surface area contributed by atoms with Crippen LogP contribution in [0.5, 0.6) is 0 Å². The molecular formula is C20H19N. The van der Waals surface area contributed by atoms with Gasteiger partial charge in [-0.3, -0.25) is 4.99 Å². The first-order valence-corrected chi connectivity index (χ1v) is 7.31. The van der Waals surface area contributed by atoms with Crippen LogP contribution in [0.2, 0.25) is 0 Å². The van der Waals surface area contributed by atoms with Gasteiger partial charge in [0.1, 0.15) is 0 Å². The first-order chi connectivity index (χ1) is 10.2.